The summed E-state index contributed by atoms with van der Waals surface area (Å²) >= 11 is 1.32. The Kier molecular flexibility index (Phi) is 5.48. The number of hydrogen-bond donors (Lipinski definition) is 2. The summed E-state index contributed by atoms with van der Waals surface area (Å²) in [7, 11) is -2.27. The number of anilines is 2. The lowest BCUT2D eigenvalue weighted by Gasteiger charge is -2.13. The summed E-state index contributed by atoms with van der Waals surface area (Å²) in [5, 5.41) is 4.53. The number of hydrogen-bond acceptors (Lipinski definition) is 5. The van der Waals surface area contributed by atoms with Gasteiger partial charge in [0.2, 0.25) is 0 Å². The van der Waals surface area contributed by atoms with E-state index in [1.165, 1.54) is 17.4 Å². The zero-order valence-electron chi connectivity index (χ0n) is 14.7. The van der Waals surface area contributed by atoms with Gasteiger partial charge in [-0.3, -0.25) is 9.52 Å². The molecule has 0 aliphatic rings. The minimum absolute atomic E-state index is 0.0993. The molecule has 0 bridgehead atoms. The minimum Gasteiger partial charge on any atom is -0.497 e. The lowest BCUT2D eigenvalue weighted by molar-refractivity contribution is 0.103. The smallest absolute Gasteiger partial charge is 0.265 e. The maximum Gasteiger partial charge on any atom is 0.265 e. The van der Waals surface area contributed by atoms with Crippen LogP contribution in [0.4, 0.5) is 11.4 Å². The largest absolute Gasteiger partial charge is 0.497 e. The van der Waals surface area contributed by atoms with Crippen molar-refractivity contribution in [2.75, 3.05) is 17.1 Å². The summed E-state index contributed by atoms with van der Waals surface area (Å²) in [5.74, 6) is 0.354. The SMILES string of the molecule is COc1ccc(NS(=O)(=O)c2cc(NC(=O)c3cccs3)ccc2C)cc1. The molecule has 1 amide bonds. The predicted octanol–water partition coefficient (Wildman–Crippen LogP) is 4.12. The van der Waals surface area contributed by atoms with Gasteiger partial charge in [0.1, 0.15) is 5.75 Å². The summed E-state index contributed by atoms with van der Waals surface area (Å²) in [4.78, 5) is 12.8. The van der Waals surface area contributed by atoms with Gasteiger partial charge < -0.3 is 10.1 Å². The van der Waals surface area contributed by atoms with Crippen molar-refractivity contribution in [3.05, 3.63) is 70.4 Å². The van der Waals surface area contributed by atoms with Gasteiger partial charge in [0.05, 0.1) is 16.9 Å². The monoisotopic (exact) mass is 402 g/mol. The number of carbonyl (C=O) groups excluding carboxylic acids is 1. The van der Waals surface area contributed by atoms with Crippen LogP contribution in [0, 0.1) is 6.92 Å². The van der Waals surface area contributed by atoms with Gasteiger partial charge >= 0.3 is 0 Å². The Balaban J connectivity index is 1.84. The molecular formula is C19H18N2O4S2. The van der Waals surface area contributed by atoms with Gasteiger partial charge in [-0.15, -0.1) is 11.3 Å². The molecule has 8 heteroatoms. The Bertz CT molecular complexity index is 1040. The van der Waals surface area contributed by atoms with Crippen LogP contribution in [-0.4, -0.2) is 21.4 Å². The molecule has 0 atom stereocenters. The van der Waals surface area contributed by atoms with Crippen LogP contribution in [0.15, 0.2) is 64.9 Å². The maximum absolute atomic E-state index is 12.8. The van der Waals surface area contributed by atoms with Crippen molar-refractivity contribution in [2.45, 2.75) is 11.8 Å². The van der Waals surface area contributed by atoms with E-state index in [2.05, 4.69) is 10.0 Å². The quantitative estimate of drug-likeness (QED) is 0.650. The number of sulfonamides is 1. The molecule has 3 rings (SSSR count). The normalized spacial score (nSPS) is 11.0. The van der Waals surface area contributed by atoms with Crippen molar-refractivity contribution in [3.8, 4) is 5.75 Å². The molecule has 140 valence electrons. The molecule has 0 unspecified atom stereocenters. The summed E-state index contributed by atoms with van der Waals surface area (Å²) in [5.41, 5.74) is 1.41. The topological polar surface area (TPSA) is 84.5 Å². The fourth-order valence-electron chi connectivity index (χ4n) is 2.44. The van der Waals surface area contributed by atoms with E-state index in [9.17, 15) is 13.2 Å². The Morgan fingerprint density at radius 1 is 1.04 bits per heavy atom. The summed E-state index contributed by atoms with van der Waals surface area (Å²) < 4.78 is 33.2. The van der Waals surface area contributed by atoms with E-state index in [4.69, 9.17) is 4.74 Å². The van der Waals surface area contributed by atoms with E-state index in [0.717, 1.165) is 0 Å². The number of ether oxygens (including phenoxy) is 1. The Labute approximate surface area is 161 Å². The molecule has 27 heavy (non-hydrogen) atoms. The molecule has 0 aliphatic heterocycles. The molecule has 0 fully saturated rings. The van der Waals surface area contributed by atoms with Crippen molar-refractivity contribution in [2.24, 2.45) is 0 Å². The summed E-state index contributed by atoms with van der Waals surface area (Å²) in [6.45, 7) is 1.70. The van der Waals surface area contributed by atoms with Crippen LogP contribution in [0.2, 0.25) is 0 Å². The third-order valence-electron chi connectivity index (χ3n) is 3.82. The number of carbonyl (C=O) groups is 1. The average molecular weight is 402 g/mol. The molecule has 0 saturated carbocycles. The van der Waals surface area contributed by atoms with Crippen LogP contribution in [0.3, 0.4) is 0 Å². The fourth-order valence-corrected chi connectivity index (χ4v) is 4.39. The number of nitrogens with one attached hydrogen (secondary N) is 2. The molecule has 1 aromatic heterocycles. The second-order valence-corrected chi connectivity index (χ2v) is 8.34. The summed E-state index contributed by atoms with van der Waals surface area (Å²) in [6.07, 6.45) is 0. The first-order chi connectivity index (χ1) is 12.9. The van der Waals surface area contributed by atoms with E-state index in [1.54, 1.807) is 67.9 Å². The van der Waals surface area contributed by atoms with Crippen molar-refractivity contribution in [3.63, 3.8) is 0 Å². The van der Waals surface area contributed by atoms with E-state index >= 15 is 0 Å². The zero-order valence-corrected chi connectivity index (χ0v) is 16.4. The predicted molar refractivity (Wildman–Crippen MR) is 107 cm³/mol. The van der Waals surface area contributed by atoms with Crippen LogP contribution < -0.4 is 14.8 Å². The minimum atomic E-state index is -3.82. The highest BCUT2D eigenvalue weighted by Crippen LogP contribution is 2.24. The molecule has 1 heterocycles. The van der Waals surface area contributed by atoms with Crippen molar-refractivity contribution in [1.29, 1.82) is 0 Å². The number of rotatable bonds is 6. The number of amides is 1. The number of aryl methyl sites for hydroxylation is 1. The molecule has 0 saturated heterocycles. The molecule has 6 nitrogen and oxygen atoms in total. The standard InChI is InChI=1S/C19H18N2O4S2/c1-13-5-6-15(20-19(22)17-4-3-11-26-17)12-18(13)27(23,24)21-14-7-9-16(25-2)10-8-14/h3-12,21H,1-2H3,(H,20,22). The van der Waals surface area contributed by atoms with E-state index in [1.807, 2.05) is 0 Å². The first kappa shape index (κ1) is 18.9. The maximum atomic E-state index is 12.8. The average Bonchev–Trinajstić information content (AvgIpc) is 3.18. The molecular weight excluding hydrogens is 384 g/mol. The highest BCUT2D eigenvalue weighted by molar-refractivity contribution is 7.92. The highest BCUT2D eigenvalue weighted by atomic mass is 32.2. The zero-order chi connectivity index (χ0) is 19.4. The molecule has 0 aliphatic carbocycles. The Morgan fingerprint density at radius 2 is 1.74 bits per heavy atom. The van der Waals surface area contributed by atoms with Crippen LogP contribution in [0.25, 0.3) is 0 Å². The van der Waals surface area contributed by atoms with Gasteiger partial charge in [0.25, 0.3) is 15.9 Å². The van der Waals surface area contributed by atoms with Crippen molar-refractivity contribution >= 4 is 38.6 Å². The first-order valence-corrected chi connectivity index (χ1v) is 10.4. The second-order valence-electron chi connectivity index (χ2n) is 5.75. The second kappa shape index (κ2) is 7.81. The van der Waals surface area contributed by atoms with Crippen LogP contribution in [-0.2, 0) is 10.0 Å². The third-order valence-corrected chi connectivity index (χ3v) is 6.21. The molecule has 0 spiro atoms. The molecule has 2 N–H and O–H groups in total. The molecule has 2 aromatic carbocycles. The third kappa shape index (κ3) is 4.47. The lowest BCUT2D eigenvalue weighted by atomic mass is 10.2. The Morgan fingerprint density at radius 3 is 2.37 bits per heavy atom. The molecule has 3 aromatic rings. The van der Waals surface area contributed by atoms with Gasteiger partial charge in [-0.25, -0.2) is 8.42 Å². The molecule has 0 radical (unpaired) electrons. The van der Waals surface area contributed by atoms with Gasteiger partial charge in [-0.2, -0.15) is 0 Å². The van der Waals surface area contributed by atoms with Gasteiger partial charge in [0.15, 0.2) is 0 Å². The van der Waals surface area contributed by atoms with Crippen molar-refractivity contribution in [1.82, 2.24) is 0 Å². The van der Waals surface area contributed by atoms with Crippen LogP contribution in [0.1, 0.15) is 15.2 Å². The highest BCUT2D eigenvalue weighted by Gasteiger charge is 2.18. The van der Waals surface area contributed by atoms with Crippen LogP contribution in [0.5, 0.6) is 5.75 Å². The van der Waals surface area contributed by atoms with Gasteiger partial charge in [-0.1, -0.05) is 12.1 Å². The van der Waals surface area contributed by atoms with E-state index in [0.29, 0.717) is 27.6 Å². The van der Waals surface area contributed by atoms with E-state index in [-0.39, 0.29) is 10.8 Å². The van der Waals surface area contributed by atoms with Crippen molar-refractivity contribution < 1.29 is 17.9 Å². The number of benzene rings is 2. The van der Waals surface area contributed by atoms with Gasteiger partial charge in [-0.05, 0) is 60.3 Å². The number of thiophene rings is 1. The van der Waals surface area contributed by atoms with E-state index < -0.39 is 10.0 Å². The summed E-state index contributed by atoms with van der Waals surface area (Å²) in [6, 6.07) is 14.8. The fraction of sp³-hybridized carbons (Fsp3) is 0.105. The number of methoxy groups -OCH3 is 1. The van der Waals surface area contributed by atoms with Crippen LogP contribution >= 0.6 is 11.3 Å². The lowest BCUT2D eigenvalue weighted by Crippen LogP contribution is -2.16. The van der Waals surface area contributed by atoms with Gasteiger partial charge in [0, 0.05) is 11.4 Å². The first-order valence-electron chi connectivity index (χ1n) is 8.01. The Hall–Kier alpha value is -2.84.